The molecule has 132 valence electrons. The molecule has 1 atom stereocenters. The molecule has 0 bridgehead atoms. The maximum atomic E-state index is 12.7. The van der Waals surface area contributed by atoms with E-state index in [1.165, 1.54) is 6.92 Å². The maximum Gasteiger partial charge on any atom is 0.242 e. The molecule has 3 amide bonds. The summed E-state index contributed by atoms with van der Waals surface area (Å²) in [6, 6.07) is 0. The first-order valence-corrected chi connectivity index (χ1v) is 8.21. The highest BCUT2D eigenvalue weighted by Gasteiger charge is 2.30. The molecule has 24 heavy (non-hydrogen) atoms. The number of aryl methyl sites for hydroxylation is 1. The van der Waals surface area contributed by atoms with Crippen molar-refractivity contribution in [3.63, 3.8) is 0 Å². The number of hydrogen-bond acceptors (Lipinski definition) is 4. The van der Waals surface area contributed by atoms with E-state index in [0.717, 1.165) is 12.2 Å². The van der Waals surface area contributed by atoms with Crippen molar-refractivity contribution in [2.75, 3.05) is 33.2 Å². The number of nitrogens with zero attached hydrogens (tertiary/aromatic N) is 4. The quantitative estimate of drug-likeness (QED) is 0.803. The van der Waals surface area contributed by atoms with Crippen molar-refractivity contribution in [3.05, 3.63) is 18.2 Å². The Bertz CT molecular complexity index is 613. The zero-order valence-electron chi connectivity index (χ0n) is 14.5. The third-order valence-electron chi connectivity index (χ3n) is 4.36. The highest BCUT2D eigenvalue weighted by molar-refractivity contribution is 5.82. The first-order chi connectivity index (χ1) is 11.5. The molecule has 0 radical (unpaired) electrons. The Morgan fingerprint density at radius 3 is 2.54 bits per heavy atom. The number of hydrogen-bond donors (Lipinski definition) is 1. The predicted molar refractivity (Wildman–Crippen MR) is 88.0 cm³/mol. The van der Waals surface area contributed by atoms with Gasteiger partial charge in [-0.2, -0.15) is 0 Å². The van der Waals surface area contributed by atoms with E-state index in [2.05, 4.69) is 10.3 Å². The number of nitrogens with one attached hydrogen (secondary N) is 1. The summed E-state index contributed by atoms with van der Waals surface area (Å²) in [6.45, 7) is 5.20. The first kappa shape index (κ1) is 18.0. The van der Waals surface area contributed by atoms with Crippen molar-refractivity contribution in [1.82, 2.24) is 24.7 Å². The molecule has 1 aromatic heterocycles. The molecule has 1 fully saturated rings. The molecule has 0 aliphatic carbocycles. The van der Waals surface area contributed by atoms with E-state index in [9.17, 15) is 14.4 Å². The Morgan fingerprint density at radius 1 is 1.25 bits per heavy atom. The highest BCUT2D eigenvalue weighted by atomic mass is 16.2. The van der Waals surface area contributed by atoms with Gasteiger partial charge in [0.25, 0.3) is 0 Å². The van der Waals surface area contributed by atoms with E-state index in [4.69, 9.17) is 0 Å². The molecule has 0 spiro atoms. The number of carbonyl (C=O) groups excluding carboxylic acids is 3. The van der Waals surface area contributed by atoms with Crippen LogP contribution in [0.2, 0.25) is 0 Å². The Labute approximate surface area is 141 Å². The van der Waals surface area contributed by atoms with Gasteiger partial charge in [0, 0.05) is 59.0 Å². The lowest BCUT2D eigenvalue weighted by molar-refractivity contribution is -0.133. The van der Waals surface area contributed by atoms with Crippen LogP contribution in [-0.2, 0) is 27.3 Å². The van der Waals surface area contributed by atoms with Crippen molar-refractivity contribution < 1.29 is 14.4 Å². The molecule has 1 aromatic rings. The molecule has 1 aliphatic heterocycles. The molecular weight excluding hydrogens is 310 g/mol. The lowest BCUT2D eigenvalue weighted by Crippen LogP contribution is -2.42. The molecule has 0 unspecified atom stereocenters. The smallest absolute Gasteiger partial charge is 0.242 e. The molecule has 2 rings (SSSR count). The van der Waals surface area contributed by atoms with Gasteiger partial charge in [0.2, 0.25) is 17.7 Å². The van der Waals surface area contributed by atoms with E-state index >= 15 is 0 Å². The standard InChI is InChI=1S/C16H25N5O3/c1-4-14-18-5-6-20(14)11-15(23)21-8-7-19(12(2)22)9-13(10-21)16(24)17-3/h5-6,13H,4,7-11H2,1-3H3,(H,17,24)/t13-/m0/s1. The summed E-state index contributed by atoms with van der Waals surface area (Å²) in [5, 5.41) is 2.62. The maximum absolute atomic E-state index is 12.7. The van der Waals surface area contributed by atoms with E-state index in [1.54, 1.807) is 29.2 Å². The van der Waals surface area contributed by atoms with Crippen molar-refractivity contribution in [2.45, 2.75) is 26.8 Å². The van der Waals surface area contributed by atoms with Crippen LogP contribution in [0.3, 0.4) is 0 Å². The van der Waals surface area contributed by atoms with Gasteiger partial charge in [-0.3, -0.25) is 14.4 Å². The van der Waals surface area contributed by atoms with Gasteiger partial charge in [0.15, 0.2) is 0 Å². The second-order valence-corrected chi connectivity index (χ2v) is 5.94. The zero-order chi connectivity index (χ0) is 17.7. The summed E-state index contributed by atoms with van der Waals surface area (Å²) >= 11 is 0. The van der Waals surface area contributed by atoms with Gasteiger partial charge in [0.05, 0.1) is 5.92 Å². The summed E-state index contributed by atoms with van der Waals surface area (Å²) < 4.78 is 1.82. The van der Waals surface area contributed by atoms with E-state index in [-0.39, 0.29) is 24.3 Å². The minimum absolute atomic E-state index is 0.0676. The fourth-order valence-corrected chi connectivity index (χ4v) is 2.94. The number of imidazole rings is 1. The van der Waals surface area contributed by atoms with Crippen LogP contribution in [-0.4, -0.2) is 70.3 Å². The monoisotopic (exact) mass is 335 g/mol. The zero-order valence-corrected chi connectivity index (χ0v) is 14.5. The molecule has 0 aromatic carbocycles. The van der Waals surface area contributed by atoms with Gasteiger partial charge in [-0.25, -0.2) is 4.98 Å². The second-order valence-electron chi connectivity index (χ2n) is 5.94. The normalized spacial score (nSPS) is 18.2. The fourth-order valence-electron chi connectivity index (χ4n) is 2.94. The van der Waals surface area contributed by atoms with Crippen molar-refractivity contribution >= 4 is 17.7 Å². The Morgan fingerprint density at radius 2 is 1.92 bits per heavy atom. The Kier molecular flexibility index (Phi) is 5.94. The number of amides is 3. The van der Waals surface area contributed by atoms with Crippen molar-refractivity contribution in [2.24, 2.45) is 5.92 Å². The summed E-state index contributed by atoms with van der Waals surface area (Å²) in [7, 11) is 1.57. The molecular formula is C16H25N5O3. The van der Waals surface area contributed by atoms with Crippen LogP contribution in [0, 0.1) is 5.92 Å². The third kappa shape index (κ3) is 4.12. The average molecular weight is 335 g/mol. The van der Waals surface area contributed by atoms with E-state index in [1.807, 2.05) is 11.5 Å². The van der Waals surface area contributed by atoms with Crippen molar-refractivity contribution in [3.8, 4) is 0 Å². The van der Waals surface area contributed by atoms with Gasteiger partial charge in [-0.1, -0.05) is 6.92 Å². The Hall–Kier alpha value is -2.38. The molecule has 1 saturated heterocycles. The van der Waals surface area contributed by atoms with Crippen LogP contribution in [0.4, 0.5) is 0 Å². The molecule has 1 N–H and O–H groups in total. The van der Waals surface area contributed by atoms with Gasteiger partial charge in [-0.15, -0.1) is 0 Å². The molecule has 0 saturated carbocycles. The van der Waals surface area contributed by atoms with E-state index in [0.29, 0.717) is 26.2 Å². The fraction of sp³-hybridized carbons (Fsp3) is 0.625. The summed E-state index contributed by atoms with van der Waals surface area (Å²) in [4.78, 5) is 43.9. The van der Waals surface area contributed by atoms with Crippen LogP contribution in [0.15, 0.2) is 12.4 Å². The minimum Gasteiger partial charge on any atom is -0.359 e. The molecule has 2 heterocycles. The van der Waals surface area contributed by atoms with Gasteiger partial charge >= 0.3 is 0 Å². The van der Waals surface area contributed by atoms with E-state index < -0.39 is 5.92 Å². The average Bonchev–Trinajstić information content (AvgIpc) is 2.88. The first-order valence-electron chi connectivity index (χ1n) is 8.21. The second kappa shape index (κ2) is 7.94. The lowest BCUT2D eigenvalue weighted by atomic mass is 10.1. The predicted octanol–water partition coefficient (Wildman–Crippen LogP) is -0.502. The van der Waals surface area contributed by atoms with Crippen LogP contribution >= 0.6 is 0 Å². The van der Waals surface area contributed by atoms with Gasteiger partial charge in [-0.05, 0) is 0 Å². The SMILES string of the molecule is CCc1nccn1CC(=O)N1CCN(C(C)=O)C[C@H](C(=O)NC)C1. The minimum atomic E-state index is -0.418. The van der Waals surface area contributed by atoms with Gasteiger partial charge in [0.1, 0.15) is 12.4 Å². The lowest BCUT2D eigenvalue weighted by Gasteiger charge is -2.23. The van der Waals surface area contributed by atoms with Crippen LogP contribution in [0.25, 0.3) is 0 Å². The number of aromatic nitrogens is 2. The topological polar surface area (TPSA) is 87.5 Å². The largest absolute Gasteiger partial charge is 0.359 e. The highest BCUT2D eigenvalue weighted by Crippen LogP contribution is 2.12. The number of carbonyl (C=O) groups is 3. The summed E-state index contributed by atoms with van der Waals surface area (Å²) in [5.41, 5.74) is 0. The van der Waals surface area contributed by atoms with Crippen LogP contribution < -0.4 is 5.32 Å². The Balaban J connectivity index is 2.11. The van der Waals surface area contributed by atoms with Gasteiger partial charge < -0.3 is 19.7 Å². The van der Waals surface area contributed by atoms with Crippen LogP contribution in [0.5, 0.6) is 0 Å². The molecule has 1 aliphatic rings. The third-order valence-corrected chi connectivity index (χ3v) is 4.36. The summed E-state index contributed by atoms with van der Waals surface area (Å²) in [5.74, 6) is 0.131. The van der Waals surface area contributed by atoms with Crippen LogP contribution in [0.1, 0.15) is 19.7 Å². The molecule has 8 nitrogen and oxygen atoms in total. The summed E-state index contributed by atoms with van der Waals surface area (Å²) in [6.07, 6.45) is 4.21. The molecule has 8 heteroatoms. The number of rotatable bonds is 4. The van der Waals surface area contributed by atoms with Crippen molar-refractivity contribution in [1.29, 1.82) is 0 Å².